The number of benzene rings is 3. The van der Waals surface area contributed by atoms with E-state index in [-0.39, 0.29) is 5.92 Å². The summed E-state index contributed by atoms with van der Waals surface area (Å²) in [5.74, 6) is 1.000. The number of hydrogen-bond donors (Lipinski definition) is 0. The van der Waals surface area contributed by atoms with E-state index in [1.807, 2.05) is 0 Å². The molecule has 182 valence electrons. The summed E-state index contributed by atoms with van der Waals surface area (Å²) in [5.41, 5.74) is 7.37. The van der Waals surface area contributed by atoms with Gasteiger partial charge < -0.3 is 19.4 Å². The fourth-order valence-electron chi connectivity index (χ4n) is 4.70. The maximum Gasteiger partial charge on any atom is 0.125 e. The molecule has 0 bridgehead atoms. The molecule has 4 nitrogen and oxygen atoms in total. The molecule has 0 spiro atoms. The van der Waals surface area contributed by atoms with E-state index in [1.54, 1.807) is 7.11 Å². The molecule has 4 heteroatoms. The van der Waals surface area contributed by atoms with Crippen LogP contribution in [-0.2, 0) is 0 Å². The van der Waals surface area contributed by atoms with Gasteiger partial charge in [0.1, 0.15) is 5.75 Å². The summed E-state index contributed by atoms with van der Waals surface area (Å²) in [7, 11) is 5.88. The molecule has 0 N–H and O–H groups in total. The van der Waals surface area contributed by atoms with Crippen LogP contribution in [0.5, 0.6) is 5.75 Å². The van der Waals surface area contributed by atoms with Crippen LogP contribution in [0.4, 0.5) is 17.1 Å². The minimum absolute atomic E-state index is 0.0858. The molecule has 0 amide bonds. The van der Waals surface area contributed by atoms with Crippen LogP contribution >= 0.6 is 0 Å². The first-order valence-corrected chi connectivity index (χ1v) is 12.5. The largest absolute Gasteiger partial charge is 0.496 e. The van der Waals surface area contributed by atoms with Crippen molar-refractivity contribution in [3.63, 3.8) is 0 Å². The first-order chi connectivity index (χ1) is 16.5. The Morgan fingerprint density at radius 3 is 1.38 bits per heavy atom. The first kappa shape index (κ1) is 25.5. The molecule has 34 heavy (non-hydrogen) atoms. The van der Waals surface area contributed by atoms with Crippen LogP contribution in [0.25, 0.3) is 0 Å². The van der Waals surface area contributed by atoms with Crippen LogP contribution in [0, 0.1) is 0 Å². The lowest BCUT2D eigenvalue weighted by Crippen LogP contribution is -2.22. The van der Waals surface area contributed by atoms with E-state index in [9.17, 15) is 0 Å². The van der Waals surface area contributed by atoms with Gasteiger partial charge in [-0.2, -0.15) is 0 Å². The smallest absolute Gasteiger partial charge is 0.125 e. The minimum Gasteiger partial charge on any atom is -0.496 e. The van der Waals surface area contributed by atoms with Gasteiger partial charge in [0.15, 0.2) is 0 Å². The van der Waals surface area contributed by atoms with Crippen molar-refractivity contribution < 1.29 is 4.74 Å². The monoisotopic (exact) mass is 459 g/mol. The van der Waals surface area contributed by atoms with Crippen molar-refractivity contribution in [2.24, 2.45) is 0 Å². The van der Waals surface area contributed by atoms with Crippen molar-refractivity contribution in [1.82, 2.24) is 0 Å². The molecule has 0 aromatic heterocycles. The van der Waals surface area contributed by atoms with E-state index in [4.69, 9.17) is 4.74 Å². The van der Waals surface area contributed by atoms with Crippen LogP contribution in [0.1, 0.15) is 50.3 Å². The third-order valence-electron chi connectivity index (χ3n) is 6.75. The first-order valence-electron chi connectivity index (χ1n) is 12.5. The predicted octanol–water partition coefficient (Wildman–Crippen LogP) is 6.63. The summed E-state index contributed by atoms with van der Waals surface area (Å²) < 4.78 is 5.91. The molecule has 3 rings (SSSR count). The highest BCUT2D eigenvalue weighted by Crippen LogP contribution is 2.40. The van der Waals surface area contributed by atoms with E-state index < -0.39 is 0 Å². The van der Waals surface area contributed by atoms with Crippen LogP contribution < -0.4 is 19.4 Å². The quantitative estimate of drug-likeness (QED) is 0.299. The average Bonchev–Trinajstić information content (AvgIpc) is 2.87. The molecular weight excluding hydrogens is 418 g/mol. The third kappa shape index (κ3) is 5.49. The summed E-state index contributed by atoms with van der Waals surface area (Å²) >= 11 is 0. The second kappa shape index (κ2) is 11.8. The highest BCUT2D eigenvalue weighted by molar-refractivity contribution is 5.60. The Labute approximate surface area is 206 Å². The molecule has 0 aliphatic carbocycles. The van der Waals surface area contributed by atoms with Gasteiger partial charge in [-0.1, -0.05) is 30.3 Å². The van der Waals surface area contributed by atoms with Crippen LogP contribution in [0.15, 0.2) is 66.7 Å². The number of hydrogen-bond acceptors (Lipinski definition) is 4. The zero-order valence-electron chi connectivity index (χ0n) is 22.0. The van der Waals surface area contributed by atoms with Gasteiger partial charge in [-0.15, -0.1) is 0 Å². The van der Waals surface area contributed by atoms with Gasteiger partial charge in [0.05, 0.1) is 7.11 Å². The number of anilines is 3. The maximum absolute atomic E-state index is 5.91. The molecule has 0 aliphatic heterocycles. The predicted molar refractivity (Wildman–Crippen MR) is 148 cm³/mol. The van der Waals surface area contributed by atoms with Crippen molar-refractivity contribution in [2.75, 3.05) is 62.1 Å². The molecule has 0 saturated carbocycles. The summed E-state index contributed by atoms with van der Waals surface area (Å²) in [6.45, 7) is 12.8. The standard InChI is InChI=1S/C30H41N3O/c1-8-32(9-2)25-16-12-23(13-17-25)30(24-14-18-26(19-15-24)33(10-3)11-4)28-21-20-27(31(5)6)22-29(28)34-7/h12-22,30H,8-11H2,1-7H3. The van der Waals surface area contributed by atoms with Crippen LogP contribution in [-0.4, -0.2) is 47.4 Å². The lowest BCUT2D eigenvalue weighted by molar-refractivity contribution is 0.409. The summed E-state index contributed by atoms with van der Waals surface area (Å²) in [5, 5.41) is 0. The summed E-state index contributed by atoms with van der Waals surface area (Å²) in [6, 6.07) is 24.6. The molecule has 3 aromatic rings. The van der Waals surface area contributed by atoms with E-state index in [2.05, 4.69) is 123 Å². The van der Waals surface area contributed by atoms with Crippen molar-refractivity contribution in [3.05, 3.63) is 83.4 Å². The Morgan fingerprint density at radius 2 is 1.03 bits per heavy atom. The van der Waals surface area contributed by atoms with Gasteiger partial charge in [-0.25, -0.2) is 0 Å². The van der Waals surface area contributed by atoms with Gasteiger partial charge in [0.2, 0.25) is 0 Å². The third-order valence-corrected chi connectivity index (χ3v) is 6.75. The van der Waals surface area contributed by atoms with E-state index in [0.717, 1.165) is 37.6 Å². The van der Waals surface area contributed by atoms with E-state index >= 15 is 0 Å². The molecule has 0 saturated heterocycles. The Kier molecular flexibility index (Phi) is 8.86. The SMILES string of the molecule is CCN(CC)c1ccc(C(c2ccc(N(CC)CC)cc2)c2ccc(N(C)C)cc2OC)cc1. The molecule has 0 atom stereocenters. The molecule has 0 radical (unpaired) electrons. The zero-order valence-corrected chi connectivity index (χ0v) is 22.0. The Morgan fingerprint density at radius 1 is 0.618 bits per heavy atom. The molecule has 0 unspecified atom stereocenters. The van der Waals surface area contributed by atoms with E-state index in [0.29, 0.717) is 0 Å². The van der Waals surface area contributed by atoms with Crippen molar-refractivity contribution in [2.45, 2.75) is 33.6 Å². The second-order valence-electron chi connectivity index (χ2n) is 8.78. The minimum atomic E-state index is 0.0858. The Bertz CT molecular complexity index is 964. The van der Waals surface area contributed by atoms with Crippen molar-refractivity contribution in [3.8, 4) is 5.75 Å². The topological polar surface area (TPSA) is 19.0 Å². The average molecular weight is 460 g/mol. The molecular formula is C30H41N3O. The zero-order chi connectivity index (χ0) is 24.7. The van der Waals surface area contributed by atoms with Crippen LogP contribution in [0.3, 0.4) is 0 Å². The maximum atomic E-state index is 5.91. The fraction of sp³-hybridized carbons (Fsp3) is 0.400. The normalized spacial score (nSPS) is 10.9. The van der Waals surface area contributed by atoms with Crippen molar-refractivity contribution in [1.29, 1.82) is 0 Å². The molecule has 0 aliphatic rings. The molecule has 3 aromatic carbocycles. The van der Waals surface area contributed by atoms with Gasteiger partial charge in [-0.05, 0) is 69.2 Å². The van der Waals surface area contributed by atoms with Crippen molar-refractivity contribution >= 4 is 17.1 Å². The van der Waals surface area contributed by atoms with Gasteiger partial charge >= 0.3 is 0 Å². The Balaban J connectivity index is 2.11. The lowest BCUT2D eigenvalue weighted by atomic mass is 9.84. The number of methoxy groups -OCH3 is 1. The second-order valence-corrected chi connectivity index (χ2v) is 8.78. The fourth-order valence-corrected chi connectivity index (χ4v) is 4.70. The highest BCUT2D eigenvalue weighted by atomic mass is 16.5. The Hall–Kier alpha value is -3.14. The number of nitrogens with zero attached hydrogens (tertiary/aromatic N) is 3. The van der Waals surface area contributed by atoms with Gasteiger partial charge in [0, 0.05) is 74.9 Å². The highest BCUT2D eigenvalue weighted by Gasteiger charge is 2.22. The van der Waals surface area contributed by atoms with E-state index in [1.165, 1.54) is 28.1 Å². The number of rotatable bonds is 11. The number of ether oxygens (including phenoxy) is 1. The van der Waals surface area contributed by atoms with Crippen LogP contribution in [0.2, 0.25) is 0 Å². The van der Waals surface area contributed by atoms with Gasteiger partial charge in [0.25, 0.3) is 0 Å². The lowest BCUT2D eigenvalue weighted by Gasteiger charge is -2.26. The summed E-state index contributed by atoms with van der Waals surface area (Å²) in [6.07, 6.45) is 0. The molecule has 0 heterocycles. The molecule has 0 fully saturated rings. The summed E-state index contributed by atoms with van der Waals surface area (Å²) in [4.78, 5) is 6.87. The van der Waals surface area contributed by atoms with Gasteiger partial charge in [-0.3, -0.25) is 0 Å².